The van der Waals surface area contributed by atoms with Gasteiger partial charge in [0.25, 0.3) is 0 Å². The normalized spacial score (nSPS) is 22.6. The minimum absolute atomic E-state index is 0.0523. The van der Waals surface area contributed by atoms with Crippen LogP contribution in [0.2, 0.25) is 0 Å². The Balaban J connectivity index is 2.36. The molecule has 0 aliphatic carbocycles. The molecule has 1 saturated heterocycles. The van der Waals surface area contributed by atoms with Crippen molar-refractivity contribution in [3.8, 4) is 0 Å². The van der Waals surface area contributed by atoms with E-state index in [1.807, 2.05) is 11.9 Å². The highest BCUT2D eigenvalue weighted by molar-refractivity contribution is 5.87. The van der Waals surface area contributed by atoms with Crippen LogP contribution in [0.15, 0.2) is 12.7 Å². The molecule has 1 N–H and O–H groups in total. The number of carbonyl (C=O) groups is 1. The summed E-state index contributed by atoms with van der Waals surface area (Å²) in [5, 5.41) is 3.05. The fourth-order valence-electron chi connectivity index (χ4n) is 1.30. The Labute approximate surface area is 67.1 Å². The van der Waals surface area contributed by atoms with Crippen LogP contribution in [-0.2, 0) is 4.79 Å². The Morgan fingerprint density at radius 3 is 3.00 bits per heavy atom. The van der Waals surface area contributed by atoms with Crippen LogP contribution in [0.3, 0.4) is 0 Å². The average molecular weight is 154 g/mol. The van der Waals surface area contributed by atoms with E-state index in [1.54, 1.807) is 0 Å². The van der Waals surface area contributed by atoms with E-state index in [1.165, 1.54) is 6.08 Å². The monoisotopic (exact) mass is 154 g/mol. The molecular formula is C8H14N2O. The molecule has 0 radical (unpaired) electrons. The molecule has 1 heterocycles. The van der Waals surface area contributed by atoms with Crippen molar-refractivity contribution >= 4 is 5.91 Å². The summed E-state index contributed by atoms with van der Waals surface area (Å²) in [6.07, 6.45) is 2.49. The molecule has 0 saturated carbocycles. The van der Waals surface area contributed by atoms with Crippen molar-refractivity contribution in [2.45, 2.75) is 12.5 Å². The molecule has 0 aromatic carbocycles. The molecule has 1 amide bonds. The van der Waals surface area contributed by atoms with E-state index >= 15 is 0 Å². The third-order valence-electron chi connectivity index (χ3n) is 2.04. The van der Waals surface area contributed by atoms with Crippen LogP contribution in [0.1, 0.15) is 6.42 Å². The molecule has 1 rings (SSSR count). The van der Waals surface area contributed by atoms with Crippen molar-refractivity contribution in [2.75, 3.05) is 20.1 Å². The summed E-state index contributed by atoms with van der Waals surface area (Å²) in [6.45, 7) is 5.22. The van der Waals surface area contributed by atoms with Crippen molar-refractivity contribution in [1.82, 2.24) is 10.2 Å². The van der Waals surface area contributed by atoms with Gasteiger partial charge in [0.1, 0.15) is 0 Å². The SMILES string of the molecule is C=CC(=O)N1CC[C@@H]1CNC. The van der Waals surface area contributed by atoms with Gasteiger partial charge >= 0.3 is 0 Å². The van der Waals surface area contributed by atoms with Gasteiger partial charge in [0, 0.05) is 19.1 Å². The van der Waals surface area contributed by atoms with E-state index in [0.29, 0.717) is 6.04 Å². The molecule has 3 heteroatoms. The summed E-state index contributed by atoms with van der Waals surface area (Å²) in [5.74, 6) is 0.0523. The summed E-state index contributed by atoms with van der Waals surface area (Å²) >= 11 is 0. The lowest BCUT2D eigenvalue weighted by molar-refractivity contribution is -0.133. The number of carbonyl (C=O) groups excluding carboxylic acids is 1. The highest BCUT2D eigenvalue weighted by Gasteiger charge is 2.29. The number of hydrogen-bond acceptors (Lipinski definition) is 2. The van der Waals surface area contributed by atoms with Crippen molar-refractivity contribution in [3.63, 3.8) is 0 Å². The molecule has 0 aromatic heterocycles. The van der Waals surface area contributed by atoms with Crippen LogP contribution < -0.4 is 5.32 Å². The first-order chi connectivity index (χ1) is 5.29. The molecule has 0 unspecified atom stereocenters. The standard InChI is InChI=1S/C8H14N2O/c1-3-8(11)10-5-4-7(10)6-9-2/h3,7,9H,1,4-6H2,2H3/t7-/m1/s1. The molecule has 0 spiro atoms. The third kappa shape index (κ3) is 1.60. The largest absolute Gasteiger partial charge is 0.335 e. The maximum absolute atomic E-state index is 11.1. The average Bonchev–Trinajstić information content (AvgIpc) is 1.98. The Kier molecular flexibility index (Phi) is 2.65. The summed E-state index contributed by atoms with van der Waals surface area (Å²) in [4.78, 5) is 12.9. The van der Waals surface area contributed by atoms with E-state index in [-0.39, 0.29) is 5.91 Å². The number of hydrogen-bond donors (Lipinski definition) is 1. The topological polar surface area (TPSA) is 32.3 Å². The Morgan fingerprint density at radius 1 is 1.91 bits per heavy atom. The summed E-state index contributed by atoms with van der Waals surface area (Å²) in [7, 11) is 1.90. The Bertz CT molecular complexity index is 167. The minimum atomic E-state index is 0.0523. The van der Waals surface area contributed by atoms with Gasteiger partial charge < -0.3 is 10.2 Å². The van der Waals surface area contributed by atoms with E-state index in [9.17, 15) is 4.79 Å². The number of nitrogens with zero attached hydrogens (tertiary/aromatic N) is 1. The fraction of sp³-hybridized carbons (Fsp3) is 0.625. The van der Waals surface area contributed by atoms with Crippen molar-refractivity contribution in [2.24, 2.45) is 0 Å². The second kappa shape index (κ2) is 3.53. The van der Waals surface area contributed by atoms with Crippen molar-refractivity contribution in [1.29, 1.82) is 0 Å². The maximum Gasteiger partial charge on any atom is 0.246 e. The van der Waals surface area contributed by atoms with Gasteiger partial charge in [0.15, 0.2) is 0 Å². The smallest absolute Gasteiger partial charge is 0.246 e. The molecule has 0 aromatic rings. The van der Waals surface area contributed by atoms with Gasteiger partial charge in [-0.1, -0.05) is 6.58 Å². The fourth-order valence-corrected chi connectivity index (χ4v) is 1.30. The molecule has 3 nitrogen and oxygen atoms in total. The molecule has 1 aliphatic rings. The van der Waals surface area contributed by atoms with Crippen LogP contribution in [-0.4, -0.2) is 37.0 Å². The molecule has 0 bridgehead atoms. The van der Waals surface area contributed by atoms with E-state index < -0.39 is 0 Å². The zero-order valence-electron chi connectivity index (χ0n) is 6.84. The highest BCUT2D eigenvalue weighted by Crippen LogP contribution is 2.16. The molecule has 1 atom stereocenters. The zero-order chi connectivity index (χ0) is 8.27. The van der Waals surface area contributed by atoms with Crippen LogP contribution in [0.5, 0.6) is 0 Å². The number of amides is 1. The lowest BCUT2D eigenvalue weighted by atomic mass is 10.0. The molecule has 11 heavy (non-hydrogen) atoms. The zero-order valence-corrected chi connectivity index (χ0v) is 6.84. The second-order valence-corrected chi connectivity index (χ2v) is 2.74. The first kappa shape index (κ1) is 8.27. The second-order valence-electron chi connectivity index (χ2n) is 2.74. The Morgan fingerprint density at radius 2 is 2.64 bits per heavy atom. The van der Waals surface area contributed by atoms with E-state index in [0.717, 1.165) is 19.5 Å². The third-order valence-corrected chi connectivity index (χ3v) is 2.04. The lowest BCUT2D eigenvalue weighted by Crippen LogP contribution is -2.54. The predicted molar refractivity (Wildman–Crippen MR) is 44.2 cm³/mol. The Hall–Kier alpha value is -0.830. The number of rotatable bonds is 3. The van der Waals surface area contributed by atoms with Crippen molar-refractivity contribution < 1.29 is 4.79 Å². The quantitative estimate of drug-likeness (QED) is 0.580. The molecule has 1 aliphatic heterocycles. The lowest BCUT2D eigenvalue weighted by Gasteiger charge is -2.40. The number of likely N-dealkylation sites (tertiary alicyclic amines) is 1. The van der Waals surface area contributed by atoms with E-state index in [4.69, 9.17) is 0 Å². The minimum Gasteiger partial charge on any atom is -0.335 e. The van der Waals surface area contributed by atoms with Gasteiger partial charge in [-0.3, -0.25) is 4.79 Å². The predicted octanol–water partition coefficient (Wildman–Crippen LogP) is -0.00730. The molecular weight excluding hydrogens is 140 g/mol. The van der Waals surface area contributed by atoms with Gasteiger partial charge in [-0.2, -0.15) is 0 Å². The summed E-state index contributed by atoms with van der Waals surface area (Å²) in [5.41, 5.74) is 0. The molecule has 1 fully saturated rings. The van der Waals surface area contributed by atoms with Crippen LogP contribution in [0, 0.1) is 0 Å². The first-order valence-electron chi connectivity index (χ1n) is 3.87. The van der Waals surface area contributed by atoms with Crippen LogP contribution >= 0.6 is 0 Å². The number of likely N-dealkylation sites (N-methyl/N-ethyl adjacent to an activating group) is 1. The van der Waals surface area contributed by atoms with Crippen molar-refractivity contribution in [3.05, 3.63) is 12.7 Å². The maximum atomic E-state index is 11.1. The highest BCUT2D eigenvalue weighted by atomic mass is 16.2. The summed E-state index contributed by atoms with van der Waals surface area (Å²) in [6, 6.07) is 0.394. The van der Waals surface area contributed by atoms with Gasteiger partial charge in [0.2, 0.25) is 5.91 Å². The van der Waals surface area contributed by atoms with E-state index in [2.05, 4.69) is 11.9 Å². The first-order valence-corrected chi connectivity index (χ1v) is 3.87. The van der Waals surface area contributed by atoms with Gasteiger partial charge in [-0.05, 0) is 19.5 Å². The number of nitrogens with one attached hydrogen (secondary N) is 1. The van der Waals surface area contributed by atoms with Gasteiger partial charge in [-0.25, -0.2) is 0 Å². The van der Waals surface area contributed by atoms with Gasteiger partial charge in [-0.15, -0.1) is 0 Å². The van der Waals surface area contributed by atoms with Crippen LogP contribution in [0.4, 0.5) is 0 Å². The van der Waals surface area contributed by atoms with Gasteiger partial charge in [0.05, 0.1) is 0 Å². The van der Waals surface area contributed by atoms with Crippen LogP contribution in [0.25, 0.3) is 0 Å². The molecule has 62 valence electrons. The summed E-state index contributed by atoms with van der Waals surface area (Å²) < 4.78 is 0.